The zero-order chi connectivity index (χ0) is 9.84. The molecule has 70 valence electrons. The van der Waals surface area contributed by atoms with Gasteiger partial charge in [0, 0.05) is 11.6 Å². The Morgan fingerprint density at radius 2 is 2.31 bits per heavy atom. The van der Waals surface area contributed by atoms with Gasteiger partial charge in [0.05, 0.1) is 12.2 Å². The molecular weight excluding hydrogens is 236 g/mol. The highest BCUT2D eigenvalue weighted by molar-refractivity contribution is 9.10. The van der Waals surface area contributed by atoms with E-state index in [9.17, 15) is 4.79 Å². The predicted octanol–water partition coefficient (Wildman–Crippen LogP) is 2.29. The van der Waals surface area contributed by atoms with Crippen molar-refractivity contribution in [2.45, 2.75) is 6.61 Å². The SMILES string of the molecule is COCc1ccc(C(=O)O)c(Br)c1. The highest BCUT2D eigenvalue weighted by Gasteiger charge is 2.07. The van der Waals surface area contributed by atoms with Gasteiger partial charge in [0.2, 0.25) is 0 Å². The topological polar surface area (TPSA) is 46.5 Å². The zero-order valence-electron chi connectivity index (χ0n) is 7.08. The van der Waals surface area contributed by atoms with E-state index < -0.39 is 5.97 Å². The minimum atomic E-state index is -0.934. The van der Waals surface area contributed by atoms with Crippen LogP contribution in [0.2, 0.25) is 0 Å². The van der Waals surface area contributed by atoms with Crippen molar-refractivity contribution in [3.8, 4) is 0 Å². The summed E-state index contributed by atoms with van der Waals surface area (Å²) in [4.78, 5) is 10.6. The first-order valence-electron chi connectivity index (χ1n) is 3.66. The van der Waals surface area contributed by atoms with E-state index in [0.717, 1.165) is 5.56 Å². The van der Waals surface area contributed by atoms with Crippen molar-refractivity contribution in [2.24, 2.45) is 0 Å². The van der Waals surface area contributed by atoms with E-state index in [1.165, 1.54) is 0 Å². The number of carboxylic acid groups (broad SMARTS) is 1. The molecule has 0 aliphatic rings. The number of benzene rings is 1. The second-order valence-corrected chi connectivity index (χ2v) is 3.41. The molecule has 0 radical (unpaired) electrons. The molecule has 0 unspecified atom stereocenters. The van der Waals surface area contributed by atoms with Crippen LogP contribution in [0.4, 0.5) is 0 Å². The van der Waals surface area contributed by atoms with E-state index in [2.05, 4.69) is 15.9 Å². The third-order valence-corrected chi connectivity index (χ3v) is 2.23. The third kappa shape index (κ3) is 2.54. The molecule has 0 aliphatic carbocycles. The van der Waals surface area contributed by atoms with Gasteiger partial charge in [0.15, 0.2) is 0 Å². The van der Waals surface area contributed by atoms with Gasteiger partial charge in [-0.2, -0.15) is 0 Å². The summed E-state index contributed by atoms with van der Waals surface area (Å²) in [5.74, 6) is -0.934. The first kappa shape index (κ1) is 10.2. The van der Waals surface area contributed by atoms with E-state index in [1.807, 2.05) is 0 Å². The highest BCUT2D eigenvalue weighted by atomic mass is 79.9. The molecule has 0 amide bonds. The Bertz CT molecular complexity index is 323. The number of carboxylic acids is 1. The second kappa shape index (κ2) is 4.39. The molecule has 0 spiro atoms. The molecule has 1 N–H and O–H groups in total. The van der Waals surface area contributed by atoms with Crippen molar-refractivity contribution in [3.05, 3.63) is 33.8 Å². The van der Waals surface area contributed by atoms with Crippen LogP contribution in [0.1, 0.15) is 15.9 Å². The first-order valence-corrected chi connectivity index (χ1v) is 4.45. The Hall–Kier alpha value is -0.870. The van der Waals surface area contributed by atoms with Crippen LogP contribution in [0.3, 0.4) is 0 Å². The number of hydrogen-bond acceptors (Lipinski definition) is 2. The number of halogens is 1. The molecule has 1 rings (SSSR count). The Labute approximate surface area is 84.5 Å². The van der Waals surface area contributed by atoms with Gasteiger partial charge in [-0.25, -0.2) is 4.79 Å². The maximum Gasteiger partial charge on any atom is 0.336 e. The van der Waals surface area contributed by atoms with Crippen molar-refractivity contribution in [2.75, 3.05) is 7.11 Å². The number of ether oxygens (including phenoxy) is 1. The lowest BCUT2D eigenvalue weighted by molar-refractivity contribution is 0.0696. The lowest BCUT2D eigenvalue weighted by Gasteiger charge is -2.02. The van der Waals surface area contributed by atoms with E-state index in [0.29, 0.717) is 11.1 Å². The summed E-state index contributed by atoms with van der Waals surface area (Å²) in [7, 11) is 1.60. The van der Waals surface area contributed by atoms with Gasteiger partial charge in [0.25, 0.3) is 0 Å². The van der Waals surface area contributed by atoms with Crippen molar-refractivity contribution < 1.29 is 14.6 Å². The number of aromatic carboxylic acids is 1. The van der Waals surface area contributed by atoms with E-state index in [4.69, 9.17) is 9.84 Å². The molecule has 0 bridgehead atoms. The highest BCUT2D eigenvalue weighted by Crippen LogP contribution is 2.18. The van der Waals surface area contributed by atoms with Crippen LogP contribution in [-0.2, 0) is 11.3 Å². The quantitative estimate of drug-likeness (QED) is 0.888. The second-order valence-electron chi connectivity index (χ2n) is 2.55. The summed E-state index contributed by atoms with van der Waals surface area (Å²) >= 11 is 3.18. The normalized spacial score (nSPS) is 10.0. The monoisotopic (exact) mass is 244 g/mol. The van der Waals surface area contributed by atoms with Gasteiger partial charge < -0.3 is 9.84 Å². The Morgan fingerprint density at radius 1 is 1.62 bits per heavy atom. The fourth-order valence-electron chi connectivity index (χ4n) is 0.989. The minimum absolute atomic E-state index is 0.264. The van der Waals surface area contributed by atoms with Crippen LogP contribution in [-0.4, -0.2) is 18.2 Å². The van der Waals surface area contributed by atoms with E-state index >= 15 is 0 Å². The van der Waals surface area contributed by atoms with Gasteiger partial charge in [-0.05, 0) is 33.6 Å². The van der Waals surface area contributed by atoms with Gasteiger partial charge >= 0.3 is 5.97 Å². The number of hydrogen-bond donors (Lipinski definition) is 1. The summed E-state index contributed by atoms with van der Waals surface area (Å²) in [6.45, 7) is 0.485. The van der Waals surface area contributed by atoms with Crippen molar-refractivity contribution in [1.29, 1.82) is 0 Å². The van der Waals surface area contributed by atoms with Crippen LogP contribution >= 0.6 is 15.9 Å². The molecule has 0 heterocycles. The van der Waals surface area contributed by atoms with Crippen LogP contribution in [0.5, 0.6) is 0 Å². The Kier molecular flexibility index (Phi) is 3.45. The predicted molar refractivity (Wildman–Crippen MR) is 51.8 cm³/mol. The van der Waals surface area contributed by atoms with Crippen molar-refractivity contribution >= 4 is 21.9 Å². The number of methoxy groups -OCH3 is 1. The molecule has 0 fully saturated rings. The summed E-state index contributed by atoms with van der Waals surface area (Å²) in [5.41, 5.74) is 1.21. The molecule has 0 saturated carbocycles. The summed E-state index contributed by atoms with van der Waals surface area (Å²) in [5, 5.41) is 8.73. The van der Waals surface area contributed by atoms with Gasteiger partial charge in [-0.1, -0.05) is 6.07 Å². The third-order valence-electron chi connectivity index (χ3n) is 1.57. The lowest BCUT2D eigenvalue weighted by Crippen LogP contribution is -1.98. The number of rotatable bonds is 3. The van der Waals surface area contributed by atoms with Gasteiger partial charge in [-0.15, -0.1) is 0 Å². The zero-order valence-corrected chi connectivity index (χ0v) is 8.67. The minimum Gasteiger partial charge on any atom is -0.478 e. The average molecular weight is 245 g/mol. The van der Waals surface area contributed by atoms with Crippen molar-refractivity contribution in [1.82, 2.24) is 0 Å². The average Bonchev–Trinajstić information content (AvgIpc) is 2.04. The number of carbonyl (C=O) groups is 1. The first-order chi connectivity index (χ1) is 6.15. The molecule has 0 aromatic heterocycles. The van der Waals surface area contributed by atoms with Crippen LogP contribution < -0.4 is 0 Å². The van der Waals surface area contributed by atoms with Crippen LogP contribution in [0.15, 0.2) is 22.7 Å². The molecule has 0 aliphatic heterocycles. The fourth-order valence-corrected chi connectivity index (χ4v) is 1.58. The Morgan fingerprint density at radius 3 is 2.77 bits per heavy atom. The summed E-state index contributed by atoms with van der Waals surface area (Å²) < 4.78 is 5.49. The maximum absolute atomic E-state index is 10.6. The molecule has 1 aromatic rings. The summed E-state index contributed by atoms with van der Waals surface area (Å²) in [6, 6.07) is 5.03. The molecule has 13 heavy (non-hydrogen) atoms. The van der Waals surface area contributed by atoms with E-state index in [-0.39, 0.29) is 5.56 Å². The molecule has 3 nitrogen and oxygen atoms in total. The Balaban J connectivity index is 2.98. The lowest BCUT2D eigenvalue weighted by atomic mass is 10.1. The van der Waals surface area contributed by atoms with Crippen LogP contribution in [0, 0.1) is 0 Å². The van der Waals surface area contributed by atoms with Gasteiger partial charge in [0.1, 0.15) is 0 Å². The van der Waals surface area contributed by atoms with Crippen LogP contribution in [0.25, 0.3) is 0 Å². The smallest absolute Gasteiger partial charge is 0.336 e. The van der Waals surface area contributed by atoms with Gasteiger partial charge in [-0.3, -0.25) is 0 Å². The largest absolute Gasteiger partial charge is 0.478 e. The fraction of sp³-hybridized carbons (Fsp3) is 0.222. The molecule has 4 heteroatoms. The molecule has 0 saturated heterocycles. The molecule has 0 atom stereocenters. The van der Waals surface area contributed by atoms with E-state index in [1.54, 1.807) is 25.3 Å². The molecule has 1 aromatic carbocycles. The summed E-state index contributed by atoms with van der Waals surface area (Å²) in [6.07, 6.45) is 0. The molecular formula is C9H9BrO3. The maximum atomic E-state index is 10.6. The van der Waals surface area contributed by atoms with Crippen molar-refractivity contribution in [3.63, 3.8) is 0 Å². The standard InChI is InChI=1S/C9H9BrO3/c1-13-5-6-2-3-7(9(11)12)8(10)4-6/h2-4H,5H2,1H3,(H,11,12).